The summed E-state index contributed by atoms with van der Waals surface area (Å²) in [6, 6.07) is 22.0. The van der Waals surface area contributed by atoms with Crippen molar-refractivity contribution >= 4 is 47.1 Å². The van der Waals surface area contributed by atoms with Crippen LogP contribution in [0.4, 0.5) is 8.78 Å². The molecule has 0 radical (unpaired) electrons. The van der Waals surface area contributed by atoms with Gasteiger partial charge in [0, 0.05) is 32.9 Å². The van der Waals surface area contributed by atoms with E-state index in [2.05, 4.69) is 20.9 Å². The molecule has 1 atom stereocenters. The molecule has 5 nitrogen and oxygen atoms in total. The van der Waals surface area contributed by atoms with Crippen molar-refractivity contribution in [3.8, 4) is 0 Å². The van der Waals surface area contributed by atoms with Crippen molar-refractivity contribution < 1.29 is 27.9 Å². The number of rotatable bonds is 11. The van der Waals surface area contributed by atoms with Crippen molar-refractivity contribution in [1.82, 2.24) is 4.98 Å². The van der Waals surface area contributed by atoms with Gasteiger partial charge in [0.05, 0.1) is 5.41 Å². The Hall–Kier alpha value is -2.94. The van der Waals surface area contributed by atoms with Crippen LogP contribution in [0.2, 0.25) is 0 Å². The molecule has 1 unspecified atom stereocenters. The van der Waals surface area contributed by atoms with Crippen LogP contribution in [-0.4, -0.2) is 26.8 Å². The highest BCUT2D eigenvalue weighted by Gasteiger charge is 2.53. The summed E-state index contributed by atoms with van der Waals surface area (Å²) < 4.78 is 44.3. The standard InChI is InChI=1S/C39H43BrF2NO4PS/c1-36(2,3)33-27(15-20-32(34(33)37(4,5)6)39(41,42)48(45,46)47)23-38(29-16-18-31(49-7)19-17-29,21-11-14-26-12-9-8-10-13-26)35(44)28-22-30(40)25-43-24-28/h8-20,22,24-25H,21,23H2,1-7H3,(H2,45,46,47). The second kappa shape index (κ2) is 14.7. The summed E-state index contributed by atoms with van der Waals surface area (Å²) in [6.07, 6.45) is 9.43. The summed E-state index contributed by atoms with van der Waals surface area (Å²) in [6.45, 7) is 11.0. The van der Waals surface area contributed by atoms with E-state index in [1.54, 1.807) is 44.8 Å². The van der Waals surface area contributed by atoms with Gasteiger partial charge in [0.15, 0.2) is 5.78 Å². The highest BCUT2D eigenvalue weighted by molar-refractivity contribution is 9.10. The maximum atomic E-state index is 15.7. The number of Topliss-reactive ketones (excluding diaryl/α,β-unsaturated/α-hetero) is 1. The van der Waals surface area contributed by atoms with Crippen LogP contribution >= 0.6 is 35.3 Å². The normalized spacial score (nSPS) is 14.2. The summed E-state index contributed by atoms with van der Waals surface area (Å²) in [4.78, 5) is 40.1. The minimum atomic E-state index is -5.89. The van der Waals surface area contributed by atoms with E-state index in [-0.39, 0.29) is 24.2 Å². The molecule has 49 heavy (non-hydrogen) atoms. The van der Waals surface area contributed by atoms with Crippen LogP contribution in [0.15, 0.2) is 101 Å². The summed E-state index contributed by atoms with van der Waals surface area (Å²) in [5, 5.41) is 0. The average molecular weight is 771 g/mol. The number of aromatic nitrogens is 1. The molecular weight excluding hydrogens is 727 g/mol. The van der Waals surface area contributed by atoms with Crippen molar-refractivity contribution in [2.75, 3.05) is 6.26 Å². The monoisotopic (exact) mass is 769 g/mol. The van der Waals surface area contributed by atoms with Gasteiger partial charge in [0.2, 0.25) is 0 Å². The fourth-order valence-electron chi connectivity index (χ4n) is 6.44. The molecule has 0 spiro atoms. The minimum Gasteiger partial charge on any atom is -0.320 e. The lowest BCUT2D eigenvalue weighted by Gasteiger charge is -2.39. The number of allylic oxidation sites excluding steroid dienone is 1. The molecule has 0 saturated carbocycles. The van der Waals surface area contributed by atoms with Gasteiger partial charge in [0.25, 0.3) is 0 Å². The van der Waals surface area contributed by atoms with Crippen LogP contribution in [0.3, 0.4) is 0 Å². The van der Waals surface area contributed by atoms with Crippen molar-refractivity contribution in [1.29, 1.82) is 0 Å². The first-order chi connectivity index (χ1) is 22.7. The van der Waals surface area contributed by atoms with Crippen LogP contribution in [0, 0.1) is 0 Å². The molecule has 0 bridgehead atoms. The zero-order valence-electron chi connectivity index (χ0n) is 28.8. The second-order valence-corrected chi connectivity index (χ2v) is 17.8. The number of pyridine rings is 1. The first kappa shape index (κ1) is 38.9. The Labute approximate surface area is 301 Å². The van der Waals surface area contributed by atoms with Gasteiger partial charge in [-0.1, -0.05) is 108 Å². The van der Waals surface area contributed by atoms with Crippen molar-refractivity contribution in [2.24, 2.45) is 0 Å². The molecule has 4 rings (SSSR count). The molecule has 4 aromatic rings. The van der Waals surface area contributed by atoms with E-state index in [0.717, 1.165) is 22.1 Å². The van der Waals surface area contributed by atoms with Gasteiger partial charge >= 0.3 is 13.3 Å². The Morgan fingerprint density at radius 2 is 1.51 bits per heavy atom. The zero-order chi connectivity index (χ0) is 36.4. The first-order valence-electron chi connectivity index (χ1n) is 15.8. The Kier molecular flexibility index (Phi) is 11.7. The summed E-state index contributed by atoms with van der Waals surface area (Å²) >= 11 is 5.05. The molecule has 10 heteroatoms. The third kappa shape index (κ3) is 8.51. The number of ketones is 1. The molecule has 1 aromatic heterocycles. The van der Waals surface area contributed by atoms with E-state index in [1.807, 2.05) is 93.8 Å². The molecule has 0 aliphatic rings. The molecular formula is C39H43BrF2NO4PS. The van der Waals surface area contributed by atoms with Gasteiger partial charge in [0.1, 0.15) is 0 Å². The molecule has 2 N–H and O–H groups in total. The quantitative estimate of drug-likeness (QED) is 0.0897. The van der Waals surface area contributed by atoms with E-state index >= 15 is 13.6 Å². The predicted octanol–water partition coefficient (Wildman–Crippen LogP) is 10.9. The summed E-state index contributed by atoms with van der Waals surface area (Å²) in [5.74, 6) is -0.197. The van der Waals surface area contributed by atoms with E-state index in [4.69, 9.17) is 0 Å². The lowest BCUT2D eigenvalue weighted by Crippen LogP contribution is -2.39. The average Bonchev–Trinajstić information content (AvgIpc) is 3.02. The van der Waals surface area contributed by atoms with Crippen LogP contribution < -0.4 is 0 Å². The smallest absolute Gasteiger partial charge is 0.320 e. The van der Waals surface area contributed by atoms with Gasteiger partial charge in [-0.2, -0.15) is 8.78 Å². The van der Waals surface area contributed by atoms with E-state index < -0.39 is 35.1 Å². The van der Waals surface area contributed by atoms with Gasteiger partial charge < -0.3 is 9.79 Å². The Morgan fingerprint density at radius 3 is 2.04 bits per heavy atom. The third-order valence-corrected chi connectivity index (χ3v) is 10.7. The Bertz CT molecular complexity index is 1880. The van der Waals surface area contributed by atoms with Crippen LogP contribution in [0.1, 0.15) is 91.7 Å². The van der Waals surface area contributed by atoms with Gasteiger partial charge in [-0.25, -0.2) is 0 Å². The minimum absolute atomic E-state index is 0.119. The lowest BCUT2D eigenvalue weighted by molar-refractivity contribution is 0.0544. The molecule has 260 valence electrons. The Balaban J connectivity index is 2.10. The highest BCUT2D eigenvalue weighted by atomic mass is 79.9. The van der Waals surface area contributed by atoms with Gasteiger partial charge in [-0.05, 0) is 91.9 Å². The molecule has 0 aliphatic heterocycles. The fraction of sp³-hybridized carbons (Fsp3) is 0.333. The van der Waals surface area contributed by atoms with Crippen LogP contribution in [0.25, 0.3) is 6.08 Å². The number of hydrogen-bond acceptors (Lipinski definition) is 4. The number of benzene rings is 3. The maximum absolute atomic E-state index is 15.7. The molecule has 0 saturated heterocycles. The van der Waals surface area contributed by atoms with E-state index in [9.17, 15) is 14.4 Å². The molecule has 0 amide bonds. The number of nitrogens with zero attached hydrogens (tertiary/aromatic N) is 1. The van der Waals surface area contributed by atoms with E-state index in [1.165, 1.54) is 12.3 Å². The van der Waals surface area contributed by atoms with Crippen molar-refractivity contribution in [3.63, 3.8) is 0 Å². The zero-order valence-corrected chi connectivity index (χ0v) is 32.1. The Morgan fingerprint density at radius 1 is 0.898 bits per heavy atom. The van der Waals surface area contributed by atoms with Gasteiger partial charge in [-0.3, -0.25) is 14.3 Å². The number of alkyl halides is 2. The molecule has 1 heterocycles. The third-order valence-electron chi connectivity index (χ3n) is 8.59. The van der Waals surface area contributed by atoms with Gasteiger partial charge in [-0.15, -0.1) is 11.8 Å². The largest absolute Gasteiger partial charge is 0.399 e. The number of carbonyl (C=O) groups is 1. The second-order valence-electron chi connectivity index (χ2n) is 14.3. The number of carbonyl (C=O) groups excluding carboxylic acids is 1. The molecule has 3 aromatic carbocycles. The highest BCUT2D eigenvalue weighted by Crippen LogP contribution is 2.61. The number of thioether (sulfide) groups is 1. The first-order valence-corrected chi connectivity index (χ1v) is 19.5. The topological polar surface area (TPSA) is 87.5 Å². The van der Waals surface area contributed by atoms with Crippen LogP contribution in [-0.2, 0) is 32.9 Å². The summed E-state index contributed by atoms with van der Waals surface area (Å²) in [5.41, 5.74) is -4.64. The molecule has 0 aliphatic carbocycles. The maximum Gasteiger partial charge on any atom is 0.399 e. The SMILES string of the molecule is CSc1ccc(C(CC=Cc2ccccc2)(Cc2ccc(C(F)(F)P(=O)(O)O)c(C(C)(C)C)c2C(C)(C)C)C(=O)c2cncc(Br)c2)cc1. The fourth-order valence-corrected chi connectivity index (χ4v) is 7.71. The summed E-state index contributed by atoms with van der Waals surface area (Å²) in [7, 11) is -5.89. The molecule has 0 fully saturated rings. The lowest BCUT2D eigenvalue weighted by atomic mass is 9.64. The van der Waals surface area contributed by atoms with Crippen molar-refractivity contribution in [2.45, 2.75) is 81.2 Å². The van der Waals surface area contributed by atoms with Crippen molar-refractivity contribution in [3.05, 3.63) is 135 Å². The van der Waals surface area contributed by atoms with E-state index in [0.29, 0.717) is 21.2 Å². The number of hydrogen-bond donors (Lipinski definition) is 2. The number of halogens is 3. The van der Waals surface area contributed by atoms with Crippen LogP contribution in [0.5, 0.6) is 0 Å². The predicted molar refractivity (Wildman–Crippen MR) is 200 cm³/mol.